The minimum Gasteiger partial charge on any atom is -0.294 e. The molecule has 3 aliphatic rings. The molecule has 0 fully saturated rings. The van der Waals surface area contributed by atoms with Gasteiger partial charge in [0.05, 0.1) is 5.56 Å². The fourth-order valence-corrected chi connectivity index (χ4v) is 6.63. The van der Waals surface area contributed by atoms with Crippen molar-refractivity contribution in [2.75, 3.05) is 4.90 Å². The summed E-state index contributed by atoms with van der Waals surface area (Å²) in [5.74, 6) is -1.12. The van der Waals surface area contributed by atoms with Gasteiger partial charge in [0.25, 0.3) is 0 Å². The molecule has 0 saturated carbocycles. The summed E-state index contributed by atoms with van der Waals surface area (Å²) in [5.41, 5.74) is 3.30. The number of allylic oxidation sites excluding steroid dienone is 2. The zero-order chi connectivity index (χ0) is 21.5. The molecule has 1 aromatic carbocycles. The number of benzene rings is 1. The summed E-state index contributed by atoms with van der Waals surface area (Å²) in [6.07, 6.45) is 6.79. The van der Waals surface area contributed by atoms with E-state index in [0.717, 1.165) is 37.7 Å². The number of aryl methyl sites for hydroxylation is 1. The standard InChI is InChI=1S/C25H23FN2O2S/c26-19-9-5-4-7-15(19)17-13-23(30)28(20-10-6-11-21(29)24(17)20)25-18(14-27)16-8-2-1-3-12-22(16)31-25/h4-5,7,9,17H,1-3,6,8,10-13H2. The van der Waals surface area contributed by atoms with E-state index in [2.05, 4.69) is 6.07 Å². The van der Waals surface area contributed by atoms with Gasteiger partial charge in [-0.2, -0.15) is 5.26 Å². The van der Waals surface area contributed by atoms with Crippen molar-refractivity contribution < 1.29 is 14.0 Å². The highest BCUT2D eigenvalue weighted by Gasteiger charge is 2.42. The Morgan fingerprint density at radius 1 is 1.03 bits per heavy atom. The number of hydrogen-bond acceptors (Lipinski definition) is 4. The third-order valence-electron chi connectivity index (χ3n) is 6.67. The Morgan fingerprint density at radius 2 is 1.84 bits per heavy atom. The molecule has 1 atom stereocenters. The van der Waals surface area contributed by atoms with Crippen molar-refractivity contribution in [3.63, 3.8) is 0 Å². The third kappa shape index (κ3) is 3.32. The molecule has 1 aromatic heterocycles. The van der Waals surface area contributed by atoms with Crippen LogP contribution in [0.2, 0.25) is 0 Å². The molecular weight excluding hydrogens is 411 g/mol. The first kappa shape index (κ1) is 20.1. The van der Waals surface area contributed by atoms with E-state index in [-0.39, 0.29) is 23.9 Å². The number of rotatable bonds is 2. The van der Waals surface area contributed by atoms with Gasteiger partial charge in [-0.25, -0.2) is 4.39 Å². The van der Waals surface area contributed by atoms with Crippen molar-refractivity contribution in [3.8, 4) is 6.07 Å². The molecule has 4 nitrogen and oxygen atoms in total. The summed E-state index contributed by atoms with van der Waals surface area (Å²) in [7, 11) is 0. The van der Waals surface area contributed by atoms with Crippen LogP contribution < -0.4 is 4.90 Å². The summed E-state index contributed by atoms with van der Waals surface area (Å²) in [6, 6.07) is 8.77. The topological polar surface area (TPSA) is 61.2 Å². The van der Waals surface area contributed by atoms with Crippen LogP contribution in [0.5, 0.6) is 0 Å². The highest BCUT2D eigenvalue weighted by molar-refractivity contribution is 7.16. The fraction of sp³-hybridized carbons (Fsp3) is 0.400. The van der Waals surface area contributed by atoms with E-state index in [1.165, 1.54) is 22.3 Å². The molecule has 1 amide bonds. The molecule has 31 heavy (non-hydrogen) atoms. The SMILES string of the molecule is N#Cc1c(N2C(=O)CC(c3ccccc3F)C3=C2CCCC3=O)sc2c1CCCCC2. The molecule has 0 radical (unpaired) electrons. The lowest BCUT2D eigenvalue weighted by Crippen LogP contribution is -2.40. The molecular formula is C25H23FN2O2S. The van der Waals surface area contributed by atoms with Crippen molar-refractivity contribution in [2.45, 2.75) is 63.7 Å². The fourth-order valence-electron chi connectivity index (χ4n) is 5.25. The van der Waals surface area contributed by atoms with Gasteiger partial charge in [-0.15, -0.1) is 11.3 Å². The summed E-state index contributed by atoms with van der Waals surface area (Å²) in [6.45, 7) is 0. The Hall–Kier alpha value is -2.78. The van der Waals surface area contributed by atoms with Gasteiger partial charge in [0.2, 0.25) is 5.91 Å². The second-order valence-electron chi connectivity index (χ2n) is 8.50. The molecule has 0 spiro atoms. The van der Waals surface area contributed by atoms with E-state index in [1.807, 2.05) is 0 Å². The van der Waals surface area contributed by atoms with Crippen LogP contribution in [-0.4, -0.2) is 11.7 Å². The van der Waals surface area contributed by atoms with E-state index in [1.54, 1.807) is 23.1 Å². The smallest absolute Gasteiger partial charge is 0.232 e. The molecule has 0 bridgehead atoms. The largest absolute Gasteiger partial charge is 0.294 e. The van der Waals surface area contributed by atoms with Crippen LogP contribution in [0.3, 0.4) is 0 Å². The van der Waals surface area contributed by atoms with Crippen LogP contribution >= 0.6 is 11.3 Å². The van der Waals surface area contributed by atoms with E-state index < -0.39 is 5.92 Å². The average molecular weight is 435 g/mol. The monoisotopic (exact) mass is 434 g/mol. The minimum absolute atomic E-state index is 0.0105. The molecule has 0 N–H and O–H groups in total. The predicted octanol–water partition coefficient (Wildman–Crippen LogP) is 5.56. The highest BCUT2D eigenvalue weighted by atomic mass is 32.1. The number of amides is 1. The number of Topliss-reactive ketones (excluding diaryl/α,β-unsaturated/α-hetero) is 1. The maximum Gasteiger partial charge on any atom is 0.232 e. The van der Waals surface area contributed by atoms with E-state index in [0.29, 0.717) is 46.7 Å². The van der Waals surface area contributed by atoms with E-state index in [9.17, 15) is 19.2 Å². The van der Waals surface area contributed by atoms with Gasteiger partial charge in [-0.1, -0.05) is 24.6 Å². The number of thiophene rings is 1. The molecule has 2 heterocycles. The Bertz CT molecular complexity index is 1160. The van der Waals surface area contributed by atoms with Crippen LogP contribution in [0.15, 0.2) is 35.5 Å². The summed E-state index contributed by atoms with van der Waals surface area (Å²) in [4.78, 5) is 29.3. The summed E-state index contributed by atoms with van der Waals surface area (Å²) in [5, 5.41) is 10.6. The Morgan fingerprint density at radius 3 is 2.65 bits per heavy atom. The van der Waals surface area contributed by atoms with Gasteiger partial charge in [-0.3, -0.25) is 14.5 Å². The predicted molar refractivity (Wildman–Crippen MR) is 117 cm³/mol. The molecule has 2 aliphatic carbocycles. The maximum atomic E-state index is 14.6. The summed E-state index contributed by atoms with van der Waals surface area (Å²) >= 11 is 1.53. The molecule has 1 aliphatic heterocycles. The van der Waals surface area contributed by atoms with Crippen molar-refractivity contribution in [1.82, 2.24) is 0 Å². The lowest BCUT2D eigenvalue weighted by atomic mass is 9.77. The quantitative estimate of drug-likeness (QED) is 0.582. The van der Waals surface area contributed by atoms with Crippen molar-refractivity contribution in [3.05, 3.63) is 62.9 Å². The first-order valence-corrected chi connectivity index (χ1v) is 11.8. The maximum absolute atomic E-state index is 14.6. The summed E-state index contributed by atoms with van der Waals surface area (Å²) < 4.78 is 14.6. The number of nitrogens with zero attached hydrogens (tertiary/aromatic N) is 2. The molecule has 6 heteroatoms. The normalized spacial score (nSPS) is 21.4. The number of fused-ring (bicyclic) bond motifs is 1. The number of anilines is 1. The Kier molecular flexibility index (Phi) is 5.23. The average Bonchev–Trinajstić information content (AvgIpc) is 2.93. The Labute approximate surface area is 185 Å². The first-order valence-electron chi connectivity index (χ1n) is 11.0. The van der Waals surface area contributed by atoms with Crippen LogP contribution in [0, 0.1) is 17.1 Å². The van der Waals surface area contributed by atoms with Gasteiger partial charge in [0.1, 0.15) is 16.9 Å². The van der Waals surface area contributed by atoms with Gasteiger partial charge >= 0.3 is 0 Å². The second-order valence-corrected chi connectivity index (χ2v) is 9.58. The van der Waals surface area contributed by atoms with Crippen molar-refractivity contribution in [1.29, 1.82) is 5.26 Å². The van der Waals surface area contributed by atoms with Crippen LogP contribution in [0.4, 0.5) is 9.39 Å². The van der Waals surface area contributed by atoms with E-state index >= 15 is 0 Å². The van der Waals surface area contributed by atoms with E-state index in [4.69, 9.17) is 0 Å². The van der Waals surface area contributed by atoms with Crippen LogP contribution in [0.25, 0.3) is 0 Å². The number of hydrogen-bond donors (Lipinski definition) is 0. The molecule has 0 saturated heterocycles. The number of nitriles is 1. The first-order chi connectivity index (χ1) is 15.1. The molecule has 2 aromatic rings. The minimum atomic E-state index is -0.559. The van der Waals surface area contributed by atoms with Crippen molar-refractivity contribution >= 4 is 28.0 Å². The third-order valence-corrected chi connectivity index (χ3v) is 7.95. The molecule has 5 rings (SSSR count). The molecule has 1 unspecified atom stereocenters. The van der Waals surface area contributed by atoms with Crippen LogP contribution in [-0.2, 0) is 22.4 Å². The highest BCUT2D eigenvalue weighted by Crippen LogP contribution is 2.48. The Balaban J connectivity index is 1.68. The molecule has 158 valence electrons. The number of halogens is 1. The van der Waals surface area contributed by atoms with Gasteiger partial charge < -0.3 is 0 Å². The van der Waals surface area contributed by atoms with Gasteiger partial charge in [0.15, 0.2) is 5.78 Å². The zero-order valence-corrected chi connectivity index (χ0v) is 18.1. The lowest BCUT2D eigenvalue weighted by Gasteiger charge is -2.38. The lowest BCUT2D eigenvalue weighted by molar-refractivity contribution is -0.119. The van der Waals surface area contributed by atoms with Gasteiger partial charge in [0, 0.05) is 34.9 Å². The zero-order valence-electron chi connectivity index (χ0n) is 17.2. The number of carbonyl (C=O) groups excluding carboxylic acids is 2. The van der Waals surface area contributed by atoms with Crippen molar-refractivity contribution in [2.24, 2.45) is 0 Å². The number of ketones is 1. The van der Waals surface area contributed by atoms with Gasteiger partial charge in [-0.05, 0) is 55.7 Å². The van der Waals surface area contributed by atoms with Crippen LogP contribution in [0.1, 0.15) is 72.4 Å². The second kappa shape index (κ2) is 8.05. The number of carbonyl (C=O) groups is 2.